The number of allylic oxidation sites excluding steroid dienone is 1. The molecule has 1 aromatic rings. The summed E-state index contributed by atoms with van der Waals surface area (Å²) in [6.45, 7) is 2.19. The second-order valence-electron chi connectivity index (χ2n) is 4.29. The van der Waals surface area contributed by atoms with Crippen LogP contribution in [-0.2, 0) is 16.0 Å². The van der Waals surface area contributed by atoms with Crippen LogP contribution in [0.25, 0.3) is 0 Å². The van der Waals surface area contributed by atoms with E-state index in [1.54, 1.807) is 27.4 Å². The van der Waals surface area contributed by atoms with Crippen molar-refractivity contribution in [1.82, 2.24) is 0 Å². The van der Waals surface area contributed by atoms with E-state index in [-0.39, 0.29) is 5.97 Å². The van der Waals surface area contributed by atoms with Crippen molar-refractivity contribution in [2.75, 3.05) is 27.9 Å². The van der Waals surface area contributed by atoms with E-state index in [1.807, 2.05) is 25.1 Å². The maximum Gasteiger partial charge on any atom is 0.306 e. The topological polar surface area (TPSA) is 54.0 Å². The van der Waals surface area contributed by atoms with Crippen molar-refractivity contribution >= 4 is 5.97 Å². The van der Waals surface area contributed by atoms with Crippen LogP contribution in [0, 0.1) is 0 Å². The SMILES string of the molecule is C/C=C/COC(=O)CCc1cc(OC)c(OC)c(OC)c1. The Morgan fingerprint density at radius 1 is 1.10 bits per heavy atom. The highest BCUT2D eigenvalue weighted by atomic mass is 16.5. The van der Waals surface area contributed by atoms with Gasteiger partial charge in [-0.05, 0) is 31.0 Å². The molecule has 0 fully saturated rings. The van der Waals surface area contributed by atoms with E-state index in [0.717, 1.165) is 5.56 Å². The summed E-state index contributed by atoms with van der Waals surface area (Å²) >= 11 is 0. The summed E-state index contributed by atoms with van der Waals surface area (Å²) in [4.78, 5) is 11.6. The van der Waals surface area contributed by atoms with Gasteiger partial charge in [-0.15, -0.1) is 0 Å². The lowest BCUT2D eigenvalue weighted by atomic mass is 10.1. The molecule has 0 radical (unpaired) electrons. The Balaban J connectivity index is 2.73. The van der Waals surface area contributed by atoms with Crippen LogP contribution in [0.2, 0.25) is 0 Å². The normalized spacial score (nSPS) is 10.5. The number of carbonyl (C=O) groups excluding carboxylic acids is 1. The standard InChI is InChI=1S/C16H22O5/c1-5-6-9-21-15(17)8-7-12-10-13(18-2)16(20-4)14(11-12)19-3/h5-6,10-11H,7-9H2,1-4H3/b6-5+. The molecule has 0 atom stereocenters. The molecule has 5 heteroatoms. The van der Waals surface area contributed by atoms with E-state index in [9.17, 15) is 4.79 Å². The second-order valence-corrected chi connectivity index (χ2v) is 4.29. The Bertz CT molecular complexity index is 468. The molecular weight excluding hydrogens is 272 g/mol. The maximum absolute atomic E-state index is 11.6. The first-order valence-electron chi connectivity index (χ1n) is 6.71. The zero-order valence-corrected chi connectivity index (χ0v) is 13.0. The summed E-state index contributed by atoms with van der Waals surface area (Å²) in [6.07, 6.45) is 4.48. The van der Waals surface area contributed by atoms with Crippen molar-refractivity contribution in [1.29, 1.82) is 0 Å². The van der Waals surface area contributed by atoms with E-state index in [4.69, 9.17) is 18.9 Å². The van der Waals surface area contributed by atoms with Crippen molar-refractivity contribution in [3.63, 3.8) is 0 Å². The third-order valence-electron chi connectivity index (χ3n) is 2.92. The molecule has 21 heavy (non-hydrogen) atoms. The van der Waals surface area contributed by atoms with E-state index >= 15 is 0 Å². The average molecular weight is 294 g/mol. The van der Waals surface area contributed by atoms with Crippen molar-refractivity contribution < 1.29 is 23.7 Å². The Morgan fingerprint density at radius 2 is 1.71 bits per heavy atom. The molecule has 0 saturated heterocycles. The van der Waals surface area contributed by atoms with Crippen LogP contribution >= 0.6 is 0 Å². The third-order valence-corrected chi connectivity index (χ3v) is 2.92. The lowest BCUT2D eigenvalue weighted by Gasteiger charge is -2.14. The predicted molar refractivity (Wildman–Crippen MR) is 80.2 cm³/mol. The molecule has 0 aliphatic heterocycles. The first-order valence-corrected chi connectivity index (χ1v) is 6.71. The zero-order valence-electron chi connectivity index (χ0n) is 13.0. The van der Waals surface area contributed by atoms with Crippen LogP contribution in [0.15, 0.2) is 24.3 Å². The number of aryl methyl sites for hydroxylation is 1. The summed E-state index contributed by atoms with van der Waals surface area (Å²) in [5.74, 6) is 1.46. The fourth-order valence-electron chi connectivity index (χ4n) is 1.84. The number of esters is 1. The minimum Gasteiger partial charge on any atom is -0.493 e. The number of hydrogen-bond donors (Lipinski definition) is 0. The Morgan fingerprint density at radius 3 is 2.19 bits per heavy atom. The van der Waals surface area contributed by atoms with E-state index in [1.165, 1.54) is 0 Å². The first kappa shape index (κ1) is 16.9. The number of rotatable bonds is 8. The van der Waals surface area contributed by atoms with Gasteiger partial charge in [-0.1, -0.05) is 12.2 Å². The smallest absolute Gasteiger partial charge is 0.306 e. The largest absolute Gasteiger partial charge is 0.493 e. The molecule has 1 aromatic carbocycles. The number of methoxy groups -OCH3 is 3. The van der Waals surface area contributed by atoms with Crippen LogP contribution in [-0.4, -0.2) is 33.9 Å². The van der Waals surface area contributed by atoms with E-state index < -0.39 is 0 Å². The molecule has 0 amide bonds. The third kappa shape index (κ3) is 5.02. The summed E-state index contributed by atoms with van der Waals surface area (Å²) in [6, 6.07) is 3.67. The van der Waals surface area contributed by atoms with Gasteiger partial charge in [0.2, 0.25) is 5.75 Å². The van der Waals surface area contributed by atoms with Crippen molar-refractivity contribution in [3.8, 4) is 17.2 Å². The fraction of sp³-hybridized carbons (Fsp3) is 0.438. The van der Waals surface area contributed by atoms with E-state index in [0.29, 0.717) is 36.7 Å². The van der Waals surface area contributed by atoms with Gasteiger partial charge in [-0.2, -0.15) is 0 Å². The Hall–Kier alpha value is -2.17. The van der Waals surface area contributed by atoms with Gasteiger partial charge in [0.05, 0.1) is 21.3 Å². The molecule has 0 aliphatic rings. The lowest BCUT2D eigenvalue weighted by Crippen LogP contribution is -2.06. The van der Waals surface area contributed by atoms with Gasteiger partial charge in [0, 0.05) is 6.42 Å². The summed E-state index contributed by atoms with van der Waals surface area (Å²) in [5, 5.41) is 0. The van der Waals surface area contributed by atoms with Crippen LogP contribution < -0.4 is 14.2 Å². The van der Waals surface area contributed by atoms with Gasteiger partial charge in [-0.3, -0.25) is 4.79 Å². The molecule has 1 rings (SSSR count). The highest BCUT2D eigenvalue weighted by Crippen LogP contribution is 2.38. The Labute approximate surface area is 125 Å². The number of benzene rings is 1. The minimum atomic E-state index is -0.234. The molecule has 0 unspecified atom stereocenters. The van der Waals surface area contributed by atoms with Gasteiger partial charge in [-0.25, -0.2) is 0 Å². The number of carbonyl (C=O) groups is 1. The Kier molecular flexibility index (Phi) is 7.15. The quantitative estimate of drug-likeness (QED) is 0.545. The van der Waals surface area contributed by atoms with Gasteiger partial charge >= 0.3 is 5.97 Å². The van der Waals surface area contributed by atoms with Crippen LogP contribution in [0.5, 0.6) is 17.2 Å². The molecule has 0 aliphatic carbocycles. The minimum absolute atomic E-state index is 0.234. The highest BCUT2D eigenvalue weighted by Gasteiger charge is 2.14. The van der Waals surface area contributed by atoms with Gasteiger partial charge in [0.25, 0.3) is 0 Å². The van der Waals surface area contributed by atoms with Crippen LogP contribution in [0.3, 0.4) is 0 Å². The molecule has 0 N–H and O–H groups in total. The van der Waals surface area contributed by atoms with E-state index in [2.05, 4.69) is 0 Å². The summed E-state index contributed by atoms with van der Waals surface area (Å²) in [5.41, 5.74) is 0.924. The highest BCUT2D eigenvalue weighted by molar-refractivity contribution is 5.70. The molecule has 5 nitrogen and oxygen atoms in total. The molecule has 0 heterocycles. The van der Waals surface area contributed by atoms with Gasteiger partial charge in [0.1, 0.15) is 6.61 Å². The monoisotopic (exact) mass is 294 g/mol. The van der Waals surface area contributed by atoms with Crippen molar-refractivity contribution in [2.45, 2.75) is 19.8 Å². The summed E-state index contributed by atoms with van der Waals surface area (Å²) < 4.78 is 20.9. The molecule has 0 saturated carbocycles. The number of ether oxygens (including phenoxy) is 4. The van der Waals surface area contributed by atoms with Crippen LogP contribution in [0.4, 0.5) is 0 Å². The average Bonchev–Trinajstić information content (AvgIpc) is 2.51. The molecule has 0 bridgehead atoms. The van der Waals surface area contributed by atoms with Gasteiger partial charge < -0.3 is 18.9 Å². The second kappa shape index (κ2) is 8.89. The maximum atomic E-state index is 11.6. The lowest BCUT2D eigenvalue weighted by molar-refractivity contribution is -0.142. The molecular formula is C16H22O5. The summed E-state index contributed by atoms with van der Waals surface area (Å²) in [7, 11) is 4.68. The van der Waals surface area contributed by atoms with Crippen molar-refractivity contribution in [2.24, 2.45) is 0 Å². The number of hydrogen-bond acceptors (Lipinski definition) is 5. The molecule has 0 aromatic heterocycles. The predicted octanol–water partition coefficient (Wildman–Crippen LogP) is 2.76. The first-order chi connectivity index (χ1) is 10.2. The van der Waals surface area contributed by atoms with Crippen LogP contribution in [0.1, 0.15) is 18.9 Å². The van der Waals surface area contributed by atoms with Gasteiger partial charge in [0.15, 0.2) is 11.5 Å². The molecule has 116 valence electrons. The van der Waals surface area contributed by atoms with Crippen molar-refractivity contribution in [3.05, 3.63) is 29.8 Å². The zero-order chi connectivity index (χ0) is 15.7. The molecule has 0 spiro atoms. The fourth-order valence-corrected chi connectivity index (χ4v) is 1.84.